The Labute approximate surface area is 127 Å². The average molecular weight is 285 g/mol. The van der Waals surface area contributed by atoms with Crippen molar-refractivity contribution < 1.29 is 9.90 Å². The molecule has 0 spiro atoms. The van der Waals surface area contributed by atoms with Gasteiger partial charge in [-0.15, -0.1) is 0 Å². The van der Waals surface area contributed by atoms with Crippen LogP contribution in [0.3, 0.4) is 0 Å². The van der Waals surface area contributed by atoms with E-state index in [1.54, 1.807) is 6.07 Å². The maximum atomic E-state index is 12.6. The van der Waals surface area contributed by atoms with E-state index >= 15 is 0 Å². The van der Waals surface area contributed by atoms with E-state index in [4.69, 9.17) is 0 Å². The Hall–Kier alpha value is -1.79. The highest BCUT2D eigenvalue weighted by Gasteiger charge is 2.55. The number of unbranched alkanes of at least 4 members (excludes halogenated alkanes) is 2. The van der Waals surface area contributed by atoms with Crippen LogP contribution in [0.1, 0.15) is 62.9 Å². The van der Waals surface area contributed by atoms with Crippen molar-refractivity contribution in [3.05, 3.63) is 35.4 Å². The van der Waals surface area contributed by atoms with E-state index in [0.717, 1.165) is 19.3 Å². The largest absolute Gasteiger partial charge is 0.365 e. The first-order valence-electron chi connectivity index (χ1n) is 7.49. The fraction of sp³-hybridized carbons (Fsp3) is 0.500. The molecule has 3 heteroatoms. The number of aliphatic hydroxyl groups is 1. The lowest BCUT2D eigenvalue weighted by Gasteiger charge is -2.41. The molecule has 112 valence electrons. The standard InChI is InChI=1S/C18H23NO2/c1-5-6-7-10-13-19-16(20)14-11-8-9-12-15(14)18(19,21)17(2,3)4/h8-9,11-12,21H,5-7H2,1-4H3. The molecule has 1 aliphatic rings. The van der Waals surface area contributed by atoms with Gasteiger partial charge in [0.15, 0.2) is 5.72 Å². The van der Waals surface area contributed by atoms with Gasteiger partial charge in [0.1, 0.15) is 0 Å². The molecule has 0 fully saturated rings. The summed E-state index contributed by atoms with van der Waals surface area (Å²) in [6.45, 7) is 7.86. The van der Waals surface area contributed by atoms with Crippen LogP contribution in [-0.4, -0.2) is 15.9 Å². The van der Waals surface area contributed by atoms with Crippen molar-refractivity contribution in [2.45, 2.75) is 52.7 Å². The predicted molar refractivity (Wildman–Crippen MR) is 83.3 cm³/mol. The summed E-state index contributed by atoms with van der Waals surface area (Å²) >= 11 is 0. The molecule has 1 heterocycles. The Morgan fingerprint density at radius 3 is 2.57 bits per heavy atom. The molecular formula is C18H23NO2. The average Bonchev–Trinajstić information content (AvgIpc) is 2.66. The SMILES string of the molecule is CCCCC#CN1C(=O)c2ccccc2C1(O)C(C)(C)C. The number of rotatable bonds is 2. The summed E-state index contributed by atoms with van der Waals surface area (Å²) in [6.07, 6.45) is 2.79. The first-order valence-corrected chi connectivity index (χ1v) is 7.49. The second kappa shape index (κ2) is 5.54. The number of fused-ring (bicyclic) bond motifs is 1. The van der Waals surface area contributed by atoms with Crippen LogP contribution in [0.2, 0.25) is 0 Å². The topological polar surface area (TPSA) is 40.5 Å². The van der Waals surface area contributed by atoms with Gasteiger partial charge in [-0.05, 0) is 12.5 Å². The Kier molecular flexibility index (Phi) is 4.11. The third-order valence-corrected chi connectivity index (χ3v) is 3.95. The fourth-order valence-electron chi connectivity index (χ4n) is 2.63. The Balaban J connectivity index is 2.49. The molecule has 1 unspecified atom stereocenters. The molecule has 21 heavy (non-hydrogen) atoms. The van der Waals surface area contributed by atoms with E-state index in [1.165, 1.54) is 4.90 Å². The number of hydrogen-bond donors (Lipinski definition) is 1. The van der Waals surface area contributed by atoms with Gasteiger partial charge in [-0.1, -0.05) is 58.2 Å². The molecule has 1 aliphatic heterocycles. The maximum absolute atomic E-state index is 12.6. The number of benzene rings is 1. The van der Waals surface area contributed by atoms with E-state index < -0.39 is 11.1 Å². The quantitative estimate of drug-likeness (QED) is 0.667. The van der Waals surface area contributed by atoms with Gasteiger partial charge >= 0.3 is 0 Å². The van der Waals surface area contributed by atoms with Gasteiger partial charge in [0, 0.05) is 29.0 Å². The number of amides is 1. The van der Waals surface area contributed by atoms with Crippen LogP contribution < -0.4 is 0 Å². The Morgan fingerprint density at radius 1 is 1.29 bits per heavy atom. The normalized spacial score (nSPS) is 21.0. The molecule has 1 amide bonds. The summed E-state index contributed by atoms with van der Waals surface area (Å²) in [5.41, 5.74) is -0.735. The zero-order valence-corrected chi connectivity index (χ0v) is 13.2. The van der Waals surface area contributed by atoms with Crippen molar-refractivity contribution in [1.82, 2.24) is 4.90 Å². The molecule has 1 atom stereocenters. The molecule has 0 saturated carbocycles. The Morgan fingerprint density at radius 2 is 1.95 bits per heavy atom. The highest BCUT2D eigenvalue weighted by molar-refractivity contribution is 6.01. The van der Waals surface area contributed by atoms with Gasteiger partial charge in [0.2, 0.25) is 0 Å². The fourth-order valence-corrected chi connectivity index (χ4v) is 2.63. The minimum absolute atomic E-state index is 0.216. The summed E-state index contributed by atoms with van der Waals surface area (Å²) < 4.78 is 0. The van der Waals surface area contributed by atoms with Gasteiger partial charge in [-0.3, -0.25) is 4.79 Å². The van der Waals surface area contributed by atoms with E-state index in [9.17, 15) is 9.90 Å². The summed E-state index contributed by atoms with van der Waals surface area (Å²) in [6, 6.07) is 10.1. The minimum Gasteiger partial charge on any atom is -0.365 e. The molecule has 3 nitrogen and oxygen atoms in total. The minimum atomic E-state index is -1.39. The smallest absolute Gasteiger partial charge is 0.268 e. The summed E-state index contributed by atoms with van der Waals surface area (Å²) in [7, 11) is 0. The second-order valence-corrected chi connectivity index (χ2v) is 6.50. The molecule has 1 N–H and O–H groups in total. The number of hydrogen-bond acceptors (Lipinski definition) is 2. The maximum Gasteiger partial charge on any atom is 0.268 e. The molecule has 0 radical (unpaired) electrons. The van der Waals surface area contributed by atoms with Crippen LogP contribution in [0.25, 0.3) is 0 Å². The number of carbonyl (C=O) groups is 1. The van der Waals surface area contributed by atoms with Crippen molar-refractivity contribution >= 4 is 5.91 Å². The van der Waals surface area contributed by atoms with Crippen LogP contribution in [0.15, 0.2) is 24.3 Å². The molecule has 0 saturated heterocycles. The van der Waals surface area contributed by atoms with Crippen molar-refractivity contribution in [2.24, 2.45) is 5.41 Å². The first kappa shape index (κ1) is 15.6. The van der Waals surface area contributed by atoms with Gasteiger partial charge in [0.25, 0.3) is 5.91 Å². The summed E-state index contributed by atoms with van der Waals surface area (Å²) in [4.78, 5) is 13.9. The van der Waals surface area contributed by atoms with Crippen LogP contribution in [0.4, 0.5) is 0 Å². The molecule has 1 aromatic carbocycles. The van der Waals surface area contributed by atoms with Crippen molar-refractivity contribution in [2.75, 3.05) is 0 Å². The van der Waals surface area contributed by atoms with E-state index in [2.05, 4.69) is 18.9 Å². The van der Waals surface area contributed by atoms with Gasteiger partial charge in [0.05, 0.1) is 0 Å². The lowest BCUT2D eigenvalue weighted by atomic mass is 9.78. The third kappa shape index (κ3) is 2.45. The molecular weight excluding hydrogens is 262 g/mol. The lowest BCUT2D eigenvalue weighted by Crippen LogP contribution is -2.50. The van der Waals surface area contributed by atoms with Crippen LogP contribution in [-0.2, 0) is 5.72 Å². The van der Waals surface area contributed by atoms with Gasteiger partial charge in [-0.2, -0.15) is 0 Å². The lowest BCUT2D eigenvalue weighted by molar-refractivity contribution is -0.137. The van der Waals surface area contributed by atoms with Crippen molar-refractivity contribution in [1.29, 1.82) is 0 Å². The molecule has 2 rings (SSSR count). The summed E-state index contributed by atoms with van der Waals surface area (Å²) in [5.74, 6) is 2.80. The van der Waals surface area contributed by atoms with Gasteiger partial charge < -0.3 is 5.11 Å². The van der Waals surface area contributed by atoms with E-state index in [1.807, 2.05) is 39.0 Å². The molecule has 1 aromatic rings. The van der Waals surface area contributed by atoms with Crippen molar-refractivity contribution in [3.63, 3.8) is 0 Å². The molecule has 0 bridgehead atoms. The number of carbonyl (C=O) groups excluding carboxylic acids is 1. The monoisotopic (exact) mass is 285 g/mol. The van der Waals surface area contributed by atoms with E-state index in [0.29, 0.717) is 11.1 Å². The van der Waals surface area contributed by atoms with Crippen LogP contribution >= 0.6 is 0 Å². The second-order valence-electron chi connectivity index (χ2n) is 6.50. The number of nitrogens with zero attached hydrogens (tertiary/aromatic N) is 1. The Bertz CT molecular complexity index is 604. The first-order chi connectivity index (χ1) is 9.84. The van der Waals surface area contributed by atoms with Crippen LogP contribution in [0.5, 0.6) is 0 Å². The zero-order chi connectivity index (χ0) is 15.7. The van der Waals surface area contributed by atoms with Gasteiger partial charge in [-0.25, -0.2) is 4.90 Å². The van der Waals surface area contributed by atoms with Crippen molar-refractivity contribution in [3.8, 4) is 12.0 Å². The zero-order valence-electron chi connectivity index (χ0n) is 13.2. The summed E-state index contributed by atoms with van der Waals surface area (Å²) in [5, 5.41) is 11.3. The highest BCUT2D eigenvalue weighted by atomic mass is 16.3. The molecule has 0 aliphatic carbocycles. The van der Waals surface area contributed by atoms with Crippen LogP contribution in [0, 0.1) is 17.4 Å². The highest BCUT2D eigenvalue weighted by Crippen LogP contribution is 2.47. The van der Waals surface area contributed by atoms with E-state index in [-0.39, 0.29) is 5.91 Å². The predicted octanol–water partition coefficient (Wildman–Crippen LogP) is 3.48. The molecule has 0 aromatic heterocycles. The third-order valence-electron chi connectivity index (χ3n) is 3.95.